The molecule has 0 radical (unpaired) electrons. The Morgan fingerprint density at radius 3 is 1.96 bits per heavy atom. The first-order valence-corrected chi connectivity index (χ1v) is 8.89. The molecule has 0 heterocycles. The van der Waals surface area contributed by atoms with E-state index < -0.39 is 0 Å². The number of Topliss-reactive ketones (excluding diaryl/α,β-unsaturated/α-hetero) is 1. The Balaban J connectivity index is 1.61. The molecule has 0 saturated heterocycles. The lowest BCUT2D eigenvalue weighted by Gasteiger charge is -2.28. The normalized spacial score (nSPS) is 20.5. The quantitative estimate of drug-likeness (QED) is 0.622. The molecule has 1 saturated carbocycles. The summed E-state index contributed by atoms with van der Waals surface area (Å²) in [5, 5.41) is 9.39. The highest BCUT2D eigenvalue weighted by atomic mass is 32.1. The minimum atomic E-state index is 0.117. The van der Waals surface area contributed by atoms with Gasteiger partial charge in [-0.2, -0.15) is 0 Å². The highest BCUT2D eigenvalue weighted by molar-refractivity contribution is 7.80. The molecule has 0 bridgehead atoms. The molecule has 2 aromatic carbocycles. The minimum Gasteiger partial charge on any atom is -0.508 e. The van der Waals surface area contributed by atoms with Gasteiger partial charge < -0.3 is 5.11 Å². The number of phenols is 1. The molecule has 2 aromatic rings. The van der Waals surface area contributed by atoms with E-state index in [4.69, 9.17) is 12.2 Å². The van der Waals surface area contributed by atoms with Crippen molar-refractivity contribution in [3.63, 3.8) is 0 Å². The SMILES string of the molecule is Cc1ccc(C(=O)C2CCC(C(=S)c3ccc(O)cc3)CC2)cc1. The van der Waals surface area contributed by atoms with Crippen molar-refractivity contribution in [1.82, 2.24) is 0 Å². The van der Waals surface area contributed by atoms with Crippen LogP contribution >= 0.6 is 12.2 Å². The summed E-state index contributed by atoms with van der Waals surface area (Å²) in [6, 6.07) is 15.0. The van der Waals surface area contributed by atoms with E-state index in [1.807, 2.05) is 43.3 Å². The molecule has 0 aliphatic heterocycles. The number of benzene rings is 2. The van der Waals surface area contributed by atoms with Gasteiger partial charge in [0.2, 0.25) is 0 Å². The lowest BCUT2D eigenvalue weighted by atomic mass is 9.76. The van der Waals surface area contributed by atoms with E-state index in [1.54, 1.807) is 12.1 Å². The Labute approximate surface area is 148 Å². The molecule has 0 amide bonds. The summed E-state index contributed by atoms with van der Waals surface area (Å²) in [4.78, 5) is 13.6. The number of carbonyl (C=O) groups is 1. The molecular formula is C21H22O2S. The fourth-order valence-corrected chi connectivity index (χ4v) is 3.80. The first-order chi connectivity index (χ1) is 11.5. The van der Waals surface area contributed by atoms with Crippen LogP contribution in [0.3, 0.4) is 0 Å². The van der Waals surface area contributed by atoms with Gasteiger partial charge in [-0.25, -0.2) is 0 Å². The molecule has 0 unspecified atom stereocenters. The number of thiocarbonyl (C=S) groups is 1. The molecule has 3 heteroatoms. The molecule has 2 nitrogen and oxygen atoms in total. The van der Waals surface area contributed by atoms with Gasteiger partial charge in [0.15, 0.2) is 5.78 Å². The number of carbonyl (C=O) groups excluding carboxylic acids is 1. The van der Waals surface area contributed by atoms with Crippen molar-refractivity contribution in [3.05, 3.63) is 65.2 Å². The van der Waals surface area contributed by atoms with E-state index in [0.29, 0.717) is 5.92 Å². The molecule has 1 aliphatic carbocycles. The largest absolute Gasteiger partial charge is 0.508 e. The second-order valence-corrected chi connectivity index (χ2v) is 7.13. The fraction of sp³-hybridized carbons (Fsp3) is 0.333. The van der Waals surface area contributed by atoms with Crippen molar-refractivity contribution in [2.75, 3.05) is 0 Å². The van der Waals surface area contributed by atoms with Crippen LogP contribution < -0.4 is 0 Å². The standard InChI is InChI=1S/C21H22O2S/c1-14-2-4-15(5-3-14)20(23)16-6-8-17(9-7-16)21(24)18-10-12-19(22)13-11-18/h2-5,10-13,16-17,22H,6-9H2,1H3. The van der Waals surface area contributed by atoms with Crippen LogP contribution in [-0.2, 0) is 0 Å². The number of aryl methyl sites for hydroxylation is 1. The number of ketones is 1. The van der Waals surface area contributed by atoms with E-state index in [1.165, 1.54) is 5.56 Å². The summed E-state index contributed by atoms with van der Waals surface area (Å²) < 4.78 is 0. The van der Waals surface area contributed by atoms with Crippen molar-refractivity contribution in [2.24, 2.45) is 11.8 Å². The van der Waals surface area contributed by atoms with Gasteiger partial charge in [0.25, 0.3) is 0 Å². The Kier molecular flexibility index (Phi) is 5.10. The van der Waals surface area contributed by atoms with Crippen molar-refractivity contribution in [1.29, 1.82) is 0 Å². The highest BCUT2D eigenvalue weighted by Crippen LogP contribution is 2.33. The average Bonchev–Trinajstić information content (AvgIpc) is 2.62. The van der Waals surface area contributed by atoms with Crippen molar-refractivity contribution < 1.29 is 9.90 Å². The Morgan fingerprint density at radius 2 is 1.38 bits per heavy atom. The zero-order valence-corrected chi connectivity index (χ0v) is 14.7. The van der Waals surface area contributed by atoms with Gasteiger partial charge in [-0.1, -0.05) is 54.2 Å². The Hall–Kier alpha value is -2.00. The molecule has 1 fully saturated rings. The summed E-state index contributed by atoms with van der Waals surface area (Å²) in [7, 11) is 0. The molecular weight excluding hydrogens is 316 g/mol. The van der Waals surface area contributed by atoms with Crippen LogP contribution in [0.25, 0.3) is 0 Å². The lowest BCUT2D eigenvalue weighted by Crippen LogP contribution is -2.25. The third-order valence-corrected chi connectivity index (χ3v) is 5.53. The minimum absolute atomic E-state index is 0.117. The second-order valence-electron chi connectivity index (χ2n) is 6.69. The van der Waals surface area contributed by atoms with Crippen LogP contribution in [0, 0.1) is 18.8 Å². The first-order valence-electron chi connectivity index (χ1n) is 8.48. The maximum Gasteiger partial charge on any atom is 0.165 e. The number of hydrogen-bond donors (Lipinski definition) is 1. The van der Waals surface area contributed by atoms with Gasteiger partial charge in [-0.15, -0.1) is 0 Å². The van der Waals surface area contributed by atoms with Crippen LogP contribution in [0.15, 0.2) is 48.5 Å². The fourth-order valence-electron chi connectivity index (χ4n) is 3.43. The smallest absolute Gasteiger partial charge is 0.165 e. The van der Waals surface area contributed by atoms with E-state index >= 15 is 0 Å². The topological polar surface area (TPSA) is 37.3 Å². The third-order valence-electron chi connectivity index (χ3n) is 4.96. The molecule has 24 heavy (non-hydrogen) atoms. The summed E-state index contributed by atoms with van der Waals surface area (Å²) in [5.74, 6) is 0.996. The van der Waals surface area contributed by atoms with Gasteiger partial charge in [-0.3, -0.25) is 4.79 Å². The van der Waals surface area contributed by atoms with Crippen LogP contribution in [0.5, 0.6) is 5.75 Å². The Morgan fingerprint density at radius 1 is 0.875 bits per heavy atom. The number of rotatable bonds is 4. The van der Waals surface area contributed by atoms with Gasteiger partial charge >= 0.3 is 0 Å². The predicted octanol–water partition coefficient (Wildman–Crippen LogP) is 5.11. The molecule has 1 aliphatic rings. The Bertz CT molecular complexity index is 658. The number of aromatic hydroxyl groups is 1. The van der Waals surface area contributed by atoms with Gasteiger partial charge in [0, 0.05) is 16.3 Å². The second kappa shape index (κ2) is 7.27. The molecule has 124 valence electrons. The molecule has 1 N–H and O–H groups in total. The zero-order valence-electron chi connectivity index (χ0n) is 13.9. The monoisotopic (exact) mass is 338 g/mol. The van der Waals surface area contributed by atoms with E-state index in [-0.39, 0.29) is 17.5 Å². The van der Waals surface area contributed by atoms with Crippen LogP contribution in [-0.4, -0.2) is 15.8 Å². The van der Waals surface area contributed by atoms with Gasteiger partial charge in [0.05, 0.1) is 0 Å². The maximum atomic E-state index is 12.6. The van der Waals surface area contributed by atoms with Crippen LogP contribution in [0.1, 0.15) is 47.2 Å². The number of phenolic OH excluding ortho intramolecular Hbond substituents is 1. The summed E-state index contributed by atoms with van der Waals surface area (Å²) >= 11 is 5.63. The van der Waals surface area contributed by atoms with Crippen LogP contribution in [0.4, 0.5) is 0 Å². The highest BCUT2D eigenvalue weighted by Gasteiger charge is 2.29. The van der Waals surface area contributed by atoms with Crippen LogP contribution in [0.2, 0.25) is 0 Å². The summed E-state index contributed by atoms with van der Waals surface area (Å²) in [6.45, 7) is 2.03. The van der Waals surface area contributed by atoms with E-state index in [9.17, 15) is 9.90 Å². The number of hydrogen-bond acceptors (Lipinski definition) is 3. The van der Waals surface area contributed by atoms with Gasteiger partial charge in [0.1, 0.15) is 5.75 Å². The molecule has 0 atom stereocenters. The maximum absolute atomic E-state index is 12.6. The third kappa shape index (κ3) is 3.73. The van der Waals surface area contributed by atoms with Crippen molar-refractivity contribution in [3.8, 4) is 5.75 Å². The zero-order chi connectivity index (χ0) is 17.1. The molecule has 3 rings (SSSR count). The van der Waals surface area contributed by atoms with E-state index in [0.717, 1.165) is 41.7 Å². The van der Waals surface area contributed by atoms with Crippen molar-refractivity contribution >= 4 is 22.9 Å². The van der Waals surface area contributed by atoms with Gasteiger partial charge in [-0.05, 0) is 56.2 Å². The predicted molar refractivity (Wildman–Crippen MR) is 101 cm³/mol. The van der Waals surface area contributed by atoms with E-state index in [2.05, 4.69) is 0 Å². The summed E-state index contributed by atoms with van der Waals surface area (Å²) in [6.07, 6.45) is 3.72. The lowest BCUT2D eigenvalue weighted by molar-refractivity contribution is 0.0882. The first kappa shape index (κ1) is 16.8. The van der Waals surface area contributed by atoms with Crippen molar-refractivity contribution in [2.45, 2.75) is 32.6 Å². The summed E-state index contributed by atoms with van der Waals surface area (Å²) in [5.41, 5.74) is 3.01. The molecule has 0 spiro atoms. The average molecular weight is 338 g/mol. The molecule has 0 aromatic heterocycles.